The van der Waals surface area contributed by atoms with Crippen molar-refractivity contribution in [1.29, 1.82) is 0 Å². The number of amides is 1. The maximum atomic E-state index is 12.8. The zero-order valence-corrected chi connectivity index (χ0v) is 16.0. The molecule has 0 bridgehead atoms. The first-order chi connectivity index (χ1) is 14.3. The number of methoxy groups -OCH3 is 1. The first-order valence-corrected chi connectivity index (χ1v) is 9.17. The lowest BCUT2D eigenvalue weighted by molar-refractivity contribution is -0.137. The van der Waals surface area contributed by atoms with E-state index in [9.17, 15) is 18.0 Å². The normalized spacial score (nSPS) is 12.9. The van der Waals surface area contributed by atoms with Crippen molar-refractivity contribution in [3.63, 3.8) is 0 Å². The molecule has 1 unspecified atom stereocenters. The summed E-state index contributed by atoms with van der Waals surface area (Å²) in [5.41, 5.74) is 7.40. The molecule has 4 aromatic rings. The Hall–Kier alpha value is -3.55. The van der Waals surface area contributed by atoms with Crippen molar-refractivity contribution in [2.45, 2.75) is 18.5 Å². The zero-order valence-electron chi connectivity index (χ0n) is 16.0. The summed E-state index contributed by atoms with van der Waals surface area (Å²) in [5.74, 6) is -0.730. The minimum Gasteiger partial charge on any atom is -0.497 e. The number of hydrogen-bond donors (Lipinski definition) is 2. The van der Waals surface area contributed by atoms with E-state index in [1.165, 1.54) is 12.1 Å². The first kappa shape index (κ1) is 19.8. The molecule has 1 amide bonds. The molecular formula is C22H18F3N3O2. The van der Waals surface area contributed by atoms with Crippen LogP contribution in [0.5, 0.6) is 5.75 Å². The van der Waals surface area contributed by atoms with Crippen LogP contribution in [0, 0.1) is 0 Å². The summed E-state index contributed by atoms with van der Waals surface area (Å²) in [4.78, 5) is 19.9. The molecule has 0 saturated carbocycles. The molecule has 0 saturated heterocycles. The van der Waals surface area contributed by atoms with Crippen LogP contribution in [0.2, 0.25) is 0 Å². The van der Waals surface area contributed by atoms with Crippen LogP contribution < -0.4 is 10.5 Å². The molecule has 30 heavy (non-hydrogen) atoms. The number of hydrogen-bond acceptors (Lipinski definition) is 3. The van der Waals surface area contributed by atoms with E-state index in [0.717, 1.165) is 28.4 Å². The second-order valence-electron chi connectivity index (χ2n) is 7.01. The van der Waals surface area contributed by atoms with Crippen LogP contribution in [-0.4, -0.2) is 23.0 Å². The maximum absolute atomic E-state index is 12.8. The van der Waals surface area contributed by atoms with Crippen molar-refractivity contribution in [2.75, 3.05) is 7.11 Å². The molecule has 3 N–H and O–H groups in total. The maximum Gasteiger partial charge on any atom is 0.416 e. The fourth-order valence-corrected chi connectivity index (χ4v) is 3.62. The fraction of sp³-hybridized carbons (Fsp3) is 0.182. The third-order valence-corrected chi connectivity index (χ3v) is 5.15. The van der Waals surface area contributed by atoms with Gasteiger partial charge in [0, 0.05) is 23.0 Å². The molecular weight excluding hydrogens is 395 g/mol. The number of pyridine rings is 1. The lowest BCUT2D eigenvalue weighted by atomic mass is 9.93. The Balaban J connectivity index is 1.76. The Morgan fingerprint density at radius 2 is 1.87 bits per heavy atom. The SMILES string of the molecule is COc1ccc2c(c1)[nH]c1c(C(Cc3ccc(C(F)(F)F)cc3)C(N)=O)nccc12. The molecule has 8 heteroatoms. The lowest BCUT2D eigenvalue weighted by Gasteiger charge is -2.15. The van der Waals surface area contributed by atoms with E-state index in [0.29, 0.717) is 22.5 Å². The van der Waals surface area contributed by atoms with Crippen molar-refractivity contribution in [2.24, 2.45) is 5.73 Å². The van der Waals surface area contributed by atoms with Crippen LogP contribution in [0.25, 0.3) is 21.8 Å². The molecule has 5 nitrogen and oxygen atoms in total. The van der Waals surface area contributed by atoms with E-state index < -0.39 is 23.6 Å². The molecule has 2 heterocycles. The lowest BCUT2D eigenvalue weighted by Crippen LogP contribution is -2.24. The molecule has 2 aromatic heterocycles. The van der Waals surface area contributed by atoms with Crippen LogP contribution in [-0.2, 0) is 17.4 Å². The first-order valence-electron chi connectivity index (χ1n) is 9.17. The molecule has 154 valence electrons. The van der Waals surface area contributed by atoms with Crippen LogP contribution in [0.4, 0.5) is 13.2 Å². The van der Waals surface area contributed by atoms with Gasteiger partial charge in [-0.15, -0.1) is 0 Å². The molecule has 0 aliphatic heterocycles. The van der Waals surface area contributed by atoms with E-state index in [1.54, 1.807) is 13.3 Å². The van der Waals surface area contributed by atoms with Crippen molar-refractivity contribution in [3.05, 3.63) is 71.5 Å². The topological polar surface area (TPSA) is 81.0 Å². The number of benzene rings is 2. The Kier molecular flexibility index (Phi) is 4.85. The average Bonchev–Trinajstić information content (AvgIpc) is 3.09. The molecule has 2 aromatic carbocycles. The highest BCUT2D eigenvalue weighted by atomic mass is 19.4. The number of rotatable bonds is 5. The highest BCUT2D eigenvalue weighted by Gasteiger charge is 2.30. The van der Waals surface area contributed by atoms with Gasteiger partial charge in [-0.1, -0.05) is 12.1 Å². The molecule has 0 spiro atoms. The number of H-pyrrole nitrogens is 1. The van der Waals surface area contributed by atoms with Gasteiger partial charge in [0.1, 0.15) is 5.75 Å². The van der Waals surface area contributed by atoms with Gasteiger partial charge in [-0.3, -0.25) is 9.78 Å². The summed E-state index contributed by atoms with van der Waals surface area (Å²) < 4.78 is 43.7. The summed E-state index contributed by atoms with van der Waals surface area (Å²) >= 11 is 0. The molecule has 0 aliphatic carbocycles. The summed E-state index contributed by atoms with van der Waals surface area (Å²) in [6.07, 6.45) is -2.68. The van der Waals surface area contributed by atoms with Gasteiger partial charge in [-0.2, -0.15) is 13.2 Å². The van der Waals surface area contributed by atoms with Gasteiger partial charge in [0.25, 0.3) is 0 Å². The standard InChI is InChI=1S/C22H18F3N3O2/c1-30-14-6-7-15-16-8-9-27-19(20(16)28-18(15)11-14)17(21(26)29)10-12-2-4-13(5-3-12)22(23,24)25/h2-9,11,17,28H,10H2,1H3,(H2,26,29). The van der Waals surface area contributed by atoms with Crippen LogP contribution in [0.15, 0.2) is 54.7 Å². The highest BCUT2D eigenvalue weighted by Crippen LogP contribution is 2.34. The van der Waals surface area contributed by atoms with Gasteiger partial charge in [0.05, 0.1) is 35.3 Å². The number of nitrogens with zero attached hydrogens (tertiary/aromatic N) is 1. The number of carbonyl (C=O) groups excluding carboxylic acids is 1. The number of primary amides is 1. The monoisotopic (exact) mass is 413 g/mol. The van der Waals surface area contributed by atoms with E-state index in [4.69, 9.17) is 10.5 Å². The number of aromatic amines is 1. The van der Waals surface area contributed by atoms with E-state index in [1.807, 2.05) is 24.3 Å². The largest absolute Gasteiger partial charge is 0.497 e. The van der Waals surface area contributed by atoms with Crippen molar-refractivity contribution < 1.29 is 22.7 Å². The number of nitrogens with one attached hydrogen (secondary N) is 1. The van der Waals surface area contributed by atoms with E-state index in [-0.39, 0.29) is 6.42 Å². The van der Waals surface area contributed by atoms with Gasteiger partial charge < -0.3 is 15.5 Å². The van der Waals surface area contributed by atoms with E-state index >= 15 is 0 Å². The summed E-state index contributed by atoms with van der Waals surface area (Å²) in [6, 6.07) is 12.1. The number of nitrogens with two attached hydrogens (primary N) is 1. The van der Waals surface area contributed by atoms with Gasteiger partial charge in [-0.05, 0) is 42.3 Å². The van der Waals surface area contributed by atoms with Gasteiger partial charge in [0.15, 0.2) is 0 Å². The number of carbonyl (C=O) groups is 1. The molecule has 0 fully saturated rings. The molecule has 1 atom stereocenters. The van der Waals surface area contributed by atoms with Gasteiger partial charge >= 0.3 is 6.18 Å². The minimum absolute atomic E-state index is 0.137. The van der Waals surface area contributed by atoms with Gasteiger partial charge in [-0.25, -0.2) is 0 Å². The predicted molar refractivity (Wildman–Crippen MR) is 107 cm³/mol. The van der Waals surface area contributed by atoms with Crippen molar-refractivity contribution in [3.8, 4) is 5.75 Å². The zero-order chi connectivity index (χ0) is 21.5. The second-order valence-corrected chi connectivity index (χ2v) is 7.01. The minimum atomic E-state index is -4.42. The average molecular weight is 413 g/mol. The van der Waals surface area contributed by atoms with Crippen molar-refractivity contribution >= 4 is 27.7 Å². The third kappa shape index (κ3) is 3.56. The summed E-state index contributed by atoms with van der Waals surface area (Å²) in [6.45, 7) is 0. The fourth-order valence-electron chi connectivity index (χ4n) is 3.62. The number of ether oxygens (including phenoxy) is 1. The summed E-state index contributed by atoms with van der Waals surface area (Å²) in [5, 5.41) is 1.81. The molecule has 4 rings (SSSR count). The predicted octanol–water partition coefficient (Wildman–Crippen LogP) is 4.56. The summed E-state index contributed by atoms with van der Waals surface area (Å²) in [7, 11) is 1.57. The Morgan fingerprint density at radius 3 is 2.50 bits per heavy atom. The Labute approximate surface area is 169 Å². The molecule has 0 radical (unpaired) electrons. The van der Waals surface area contributed by atoms with Crippen molar-refractivity contribution in [1.82, 2.24) is 9.97 Å². The number of alkyl halides is 3. The van der Waals surface area contributed by atoms with Gasteiger partial charge in [0.2, 0.25) is 5.91 Å². The van der Waals surface area contributed by atoms with Crippen LogP contribution >= 0.6 is 0 Å². The number of halogens is 3. The quantitative estimate of drug-likeness (QED) is 0.504. The Bertz CT molecular complexity index is 1230. The Morgan fingerprint density at radius 1 is 1.13 bits per heavy atom. The highest BCUT2D eigenvalue weighted by molar-refractivity contribution is 6.09. The second kappa shape index (κ2) is 7.37. The molecule has 0 aliphatic rings. The smallest absolute Gasteiger partial charge is 0.416 e. The van der Waals surface area contributed by atoms with Crippen LogP contribution in [0.3, 0.4) is 0 Å². The van der Waals surface area contributed by atoms with E-state index in [2.05, 4.69) is 9.97 Å². The number of aromatic nitrogens is 2. The van der Waals surface area contributed by atoms with Crippen LogP contribution in [0.1, 0.15) is 22.7 Å². The number of fused-ring (bicyclic) bond motifs is 3. The third-order valence-electron chi connectivity index (χ3n) is 5.15.